The van der Waals surface area contributed by atoms with Gasteiger partial charge in [0.15, 0.2) is 0 Å². The van der Waals surface area contributed by atoms with Gasteiger partial charge in [-0.25, -0.2) is 4.98 Å². The first-order valence-electron chi connectivity index (χ1n) is 5.05. The Morgan fingerprint density at radius 1 is 1.13 bits per heavy atom. The largest absolute Gasteiger partial charge is 0.261 e. The van der Waals surface area contributed by atoms with Crippen LogP contribution < -0.4 is 0 Å². The molecule has 15 heavy (non-hydrogen) atoms. The third-order valence-corrected chi connectivity index (χ3v) is 2.85. The minimum Gasteiger partial charge on any atom is -0.261 e. The summed E-state index contributed by atoms with van der Waals surface area (Å²) in [5.74, 6) is 0. The fraction of sp³-hybridized carbons (Fsp3) is 0.364. The average Bonchev–Trinajstić information content (AvgIpc) is 2.79. The average molecular weight is 219 g/mol. The molecule has 0 fully saturated rings. The number of aryl methyl sites for hydroxylation is 3. The van der Waals surface area contributed by atoms with Crippen molar-refractivity contribution in [3.05, 3.63) is 40.4 Å². The summed E-state index contributed by atoms with van der Waals surface area (Å²) in [6.45, 7) is 2.09. The zero-order valence-corrected chi connectivity index (χ0v) is 9.50. The highest BCUT2D eigenvalue weighted by Gasteiger charge is 2.00. The van der Waals surface area contributed by atoms with E-state index in [-0.39, 0.29) is 0 Å². The Labute approximate surface area is 93.2 Å². The molecule has 0 aliphatic rings. The van der Waals surface area contributed by atoms with Gasteiger partial charge < -0.3 is 0 Å². The molecule has 2 aromatic heterocycles. The lowest BCUT2D eigenvalue weighted by Crippen LogP contribution is -1.98. The number of rotatable bonds is 4. The molecule has 0 radical (unpaired) electrons. The molecule has 2 aromatic rings. The van der Waals surface area contributed by atoms with E-state index in [1.807, 2.05) is 17.9 Å². The molecule has 0 atom stereocenters. The van der Waals surface area contributed by atoms with Crippen molar-refractivity contribution in [1.82, 2.24) is 15.0 Å². The van der Waals surface area contributed by atoms with Crippen molar-refractivity contribution in [2.75, 3.05) is 0 Å². The second-order valence-corrected chi connectivity index (χ2v) is 4.05. The fourth-order valence-electron chi connectivity index (χ4n) is 1.36. The van der Waals surface area contributed by atoms with Crippen LogP contribution in [-0.4, -0.2) is 15.0 Å². The minimum absolute atomic E-state index is 0.921. The third kappa shape index (κ3) is 2.83. The Morgan fingerprint density at radius 2 is 1.93 bits per heavy atom. The molecule has 0 amide bonds. The molecule has 0 aliphatic heterocycles. The Balaban J connectivity index is 1.98. The predicted octanol–water partition coefficient (Wildman–Crippen LogP) is 2.28. The van der Waals surface area contributed by atoms with Gasteiger partial charge in [-0.2, -0.15) is 0 Å². The highest BCUT2D eigenvalue weighted by molar-refractivity contribution is 7.07. The topological polar surface area (TPSA) is 38.7 Å². The summed E-state index contributed by atoms with van der Waals surface area (Å²) in [6.07, 6.45) is 6.48. The molecule has 0 aliphatic carbocycles. The molecular weight excluding hydrogens is 206 g/mol. The van der Waals surface area contributed by atoms with E-state index in [1.165, 1.54) is 0 Å². The van der Waals surface area contributed by atoms with E-state index in [9.17, 15) is 0 Å². The molecule has 0 N–H and O–H groups in total. The van der Waals surface area contributed by atoms with Gasteiger partial charge in [-0.1, -0.05) is 6.92 Å². The lowest BCUT2D eigenvalue weighted by atomic mass is 10.2. The Hall–Kier alpha value is -1.29. The maximum Gasteiger partial charge on any atom is 0.0794 e. The van der Waals surface area contributed by atoms with Crippen LogP contribution in [0.15, 0.2) is 23.3 Å². The van der Waals surface area contributed by atoms with Crippen LogP contribution >= 0.6 is 11.3 Å². The van der Waals surface area contributed by atoms with Crippen LogP contribution in [0.1, 0.15) is 24.0 Å². The lowest BCUT2D eigenvalue weighted by molar-refractivity contribution is 0.851. The first-order valence-corrected chi connectivity index (χ1v) is 5.99. The highest BCUT2D eigenvalue weighted by Crippen LogP contribution is 2.06. The van der Waals surface area contributed by atoms with E-state index in [2.05, 4.69) is 27.3 Å². The van der Waals surface area contributed by atoms with Crippen LogP contribution in [0.2, 0.25) is 0 Å². The smallest absolute Gasteiger partial charge is 0.0794 e. The number of hydrogen-bond donors (Lipinski definition) is 0. The van der Waals surface area contributed by atoms with Crippen LogP contribution in [0.25, 0.3) is 0 Å². The molecule has 0 saturated heterocycles. The van der Waals surface area contributed by atoms with Gasteiger partial charge in [-0.15, -0.1) is 11.3 Å². The molecule has 2 heterocycles. The predicted molar refractivity (Wildman–Crippen MR) is 60.9 cm³/mol. The van der Waals surface area contributed by atoms with E-state index in [1.54, 1.807) is 11.3 Å². The van der Waals surface area contributed by atoms with Crippen LogP contribution in [0.4, 0.5) is 0 Å². The Kier molecular flexibility index (Phi) is 3.40. The summed E-state index contributed by atoms with van der Waals surface area (Å²) in [4.78, 5) is 12.9. The van der Waals surface area contributed by atoms with Gasteiger partial charge in [-0.05, 0) is 19.3 Å². The van der Waals surface area contributed by atoms with Crippen LogP contribution in [0.3, 0.4) is 0 Å². The lowest BCUT2D eigenvalue weighted by Gasteiger charge is -2.00. The maximum atomic E-state index is 4.50. The standard InChI is InChI=1S/C11H13N3S/c1-2-9-5-12-6-10(14-9)3-4-11-7-15-8-13-11/h5-8H,2-4H2,1H3. The van der Waals surface area contributed by atoms with Crippen molar-refractivity contribution in [3.8, 4) is 0 Å². The summed E-state index contributed by atoms with van der Waals surface area (Å²) < 4.78 is 0. The van der Waals surface area contributed by atoms with Gasteiger partial charge in [0.2, 0.25) is 0 Å². The van der Waals surface area contributed by atoms with Crippen LogP contribution in [-0.2, 0) is 19.3 Å². The monoisotopic (exact) mass is 219 g/mol. The van der Waals surface area contributed by atoms with Crippen LogP contribution in [0, 0.1) is 0 Å². The van der Waals surface area contributed by atoms with Crippen LogP contribution in [0.5, 0.6) is 0 Å². The molecule has 4 heteroatoms. The quantitative estimate of drug-likeness (QED) is 0.792. The first-order chi connectivity index (χ1) is 7.38. The van der Waals surface area contributed by atoms with Gasteiger partial charge >= 0.3 is 0 Å². The number of hydrogen-bond acceptors (Lipinski definition) is 4. The van der Waals surface area contributed by atoms with Crippen molar-refractivity contribution in [2.45, 2.75) is 26.2 Å². The van der Waals surface area contributed by atoms with E-state index < -0.39 is 0 Å². The highest BCUT2D eigenvalue weighted by atomic mass is 32.1. The first kappa shape index (κ1) is 10.2. The second-order valence-electron chi connectivity index (χ2n) is 3.34. The van der Waals surface area contributed by atoms with E-state index >= 15 is 0 Å². The van der Waals surface area contributed by atoms with E-state index in [4.69, 9.17) is 0 Å². The summed E-state index contributed by atoms with van der Waals surface area (Å²) in [5, 5.41) is 2.08. The molecule has 0 spiro atoms. The van der Waals surface area contributed by atoms with Gasteiger partial charge in [0, 0.05) is 17.8 Å². The van der Waals surface area contributed by atoms with Gasteiger partial charge in [0.05, 0.1) is 22.6 Å². The number of thiazole rings is 1. The zero-order chi connectivity index (χ0) is 10.5. The van der Waals surface area contributed by atoms with Crippen molar-refractivity contribution in [1.29, 1.82) is 0 Å². The number of aromatic nitrogens is 3. The van der Waals surface area contributed by atoms with Gasteiger partial charge in [-0.3, -0.25) is 9.97 Å². The van der Waals surface area contributed by atoms with Gasteiger partial charge in [0.1, 0.15) is 0 Å². The minimum atomic E-state index is 0.921. The van der Waals surface area contributed by atoms with Crippen molar-refractivity contribution in [2.24, 2.45) is 0 Å². The summed E-state index contributed by atoms with van der Waals surface area (Å²) in [6, 6.07) is 0. The third-order valence-electron chi connectivity index (χ3n) is 2.22. The molecule has 3 nitrogen and oxygen atoms in total. The van der Waals surface area contributed by atoms with Crippen molar-refractivity contribution < 1.29 is 0 Å². The normalized spacial score (nSPS) is 10.5. The Bertz CT molecular complexity index is 412. The summed E-state index contributed by atoms with van der Waals surface area (Å²) in [5.41, 5.74) is 5.13. The summed E-state index contributed by atoms with van der Waals surface area (Å²) in [7, 11) is 0. The zero-order valence-electron chi connectivity index (χ0n) is 8.68. The van der Waals surface area contributed by atoms with Gasteiger partial charge in [0.25, 0.3) is 0 Å². The second kappa shape index (κ2) is 4.98. The maximum absolute atomic E-state index is 4.50. The number of nitrogens with zero attached hydrogens (tertiary/aromatic N) is 3. The molecule has 78 valence electrons. The molecular formula is C11H13N3S. The molecule has 0 aromatic carbocycles. The molecule has 0 unspecified atom stereocenters. The molecule has 2 rings (SSSR count). The van der Waals surface area contributed by atoms with Crippen molar-refractivity contribution >= 4 is 11.3 Å². The van der Waals surface area contributed by atoms with Crippen molar-refractivity contribution in [3.63, 3.8) is 0 Å². The SMILES string of the molecule is CCc1cncc(CCc2cscn2)n1. The molecule has 0 bridgehead atoms. The summed E-state index contributed by atoms with van der Waals surface area (Å²) >= 11 is 1.64. The van der Waals surface area contributed by atoms with E-state index in [0.717, 1.165) is 36.3 Å². The van der Waals surface area contributed by atoms with E-state index in [0.29, 0.717) is 0 Å². The Morgan fingerprint density at radius 3 is 2.67 bits per heavy atom. The fourth-order valence-corrected chi connectivity index (χ4v) is 1.95. The molecule has 0 saturated carbocycles.